The summed E-state index contributed by atoms with van der Waals surface area (Å²) in [6, 6.07) is 9.94. The van der Waals surface area contributed by atoms with Crippen LogP contribution in [0.5, 0.6) is 5.75 Å². The first kappa shape index (κ1) is 16.1. The average Bonchev–Trinajstić information content (AvgIpc) is 2.56. The quantitative estimate of drug-likeness (QED) is 0.881. The third kappa shape index (κ3) is 3.95. The predicted molar refractivity (Wildman–Crippen MR) is 91.2 cm³/mol. The van der Waals surface area contributed by atoms with Gasteiger partial charge in [0.2, 0.25) is 0 Å². The van der Waals surface area contributed by atoms with Gasteiger partial charge in [0.25, 0.3) is 0 Å². The van der Waals surface area contributed by atoms with E-state index in [0.29, 0.717) is 10.0 Å². The minimum absolute atomic E-state index is 0.172. The maximum atomic E-state index is 14.2. The monoisotopic (exact) mass is 352 g/mol. The van der Waals surface area contributed by atoms with E-state index in [-0.39, 0.29) is 12.4 Å². The Labute approximate surface area is 144 Å². The molecular weight excluding hydrogens is 338 g/mol. The molecule has 2 aromatic rings. The Morgan fingerprint density at radius 1 is 1.17 bits per heavy atom. The van der Waals surface area contributed by atoms with E-state index in [1.807, 2.05) is 0 Å². The number of rotatable bonds is 4. The van der Waals surface area contributed by atoms with Gasteiger partial charge in [-0.25, -0.2) is 4.39 Å². The van der Waals surface area contributed by atoms with E-state index in [4.69, 9.17) is 27.9 Å². The molecule has 3 rings (SSSR count). The van der Waals surface area contributed by atoms with Crippen molar-refractivity contribution in [2.45, 2.75) is 13.0 Å². The first-order valence-electron chi connectivity index (χ1n) is 7.28. The van der Waals surface area contributed by atoms with E-state index < -0.39 is 5.82 Å². The third-order valence-corrected chi connectivity index (χ3v) is 4.09. The molecule has 0 saturated heterocycles. The Bertz CT molecular complexity index is 749. The molecule has 0 amide bonds. The minimum Gasteiger partial charge on any atom is -0.486 e. The van der Waals surface area contributed by atoms with Crippen LogP contribution in [0.4, 0.5) is 4.39 Å². The first-order valence-corrected chi connectivity index (χ1v) is 8.04. The topological polar surface area (TPSA) is 33.6 Å². The fourth-order valence-electron chi connectivity index (χ4n) is 2.29. The summed E-state index contributed by atoms with van der Waals surface area (Å²) in [5, 5.41) is 4.21. The molecule has 1 heterocycles. The van der Waals surface area contributed by atoms with Gasteiger partial charge in [-0.05, 0) is 36.8 Å². The zero-order chi connectivity index (χ0) is 16.2. The summed E-state index contributed by atoms with van der Waals surface area (Å²) < 4.78 is 19.7. The van der Waals surface area contributed by atoms with Crippen molar-refractivity contribution in [3.8, 4) is 5.75 Å². The van der Waals surface area contributed by atoms with Gasteiger partial charge in [0.15, 0.2) is 11.6 Å². The number of halogens is 3. The molecule has 0 aliphatic carbocycles. The second-order valence-electron chi connectivity index (χ2n) is 5.18. The molecule has 1 aliphatic rings. The summed E-state index contributed by atoms with van der Waals surface area (Å²) in [6.45, 7) is 1.79. The van der Waals surface area contributed by atoms with E-state index in [0.717, 1.165) is 36.5 Å². The average molecular weight is 353 g/mol. The highest BCUT2D eigenvalue weighted by atomic mass is 35.5. The Balaban J connectivity index is 1.72. The van der Waals surface area contributed by atoms with Crippen molar-refractivity contribution in [2.24, 2.45) is 4.99 Å². The SMILES string of the molecule is Fc1cc(C2=NCCCN2)ccc1OCc1ccc(Cl)cc1Cl. The van der Waals surface area contributed by atoms with E-state index in [9.17, 15) is 4.39 Å². The molecule has 6 heteroatoms. The summed E-state index contributed by atoms with van der Waals surface area (Å²) in [7, 11) is 0. The smallest absolute Gasteiger partial charge is 0.165 e. The zero-order valence-corrected chi connectivity index (χ0v) is 13.8. The van der Waals surface area contributed by atoms with E-state index in [1.54, 1.807) is 30.3 Å². The van der Waals surface area contributed by atoms with Gasteiger partial charge in [-0.3, -0.25) is 4.99 Å². The van der Waals surface area contributed by atoms with Crippen LogP contribution in [0.15, 0.2) is 41.4 Å². The van der Waals surface area contributed by atoms with Gasteiger partial charge in [0.1, 0.15) is 12.4 Å². The third-order valence-electron chi connectivity index (χ3n) is 3.50. The molecule has 1 aliphatic heterocycles. The molecule has 3 nitrogen and oxygen atoms in total. The summed E-state index contributed by atoms with van der Waals surface area (Å²) in [5.41, 5.74) is 1.47. The largest absolute Gasteiger partial charge is 0.486 e. The van der Waals surface area contributed by atoms with Crippen LogP contribution in [-0.2, 0) is 6.61 Å². The van der Waals surface area contributed by atoms with Crippen molar-refractivity contribution in [1.29, 1.82) is 0 Å². The summed E-state index contributed by atoms with van der Waals surface area (Å²) in [6.07, 6.45) is 0.995. The van der Waals surface area contributed by atoms with Crippen molar-refractivity contribution in [2.75, 3.05) is 13.1 Å². The van der Waals surface area contributed by atoms with Crippen LogP contribution < -0.4 is 10.1 Å². The molecule has 120 valence electrons. The molecule has 0 unspecified atom stereocenters. The van der Waals surface area contributed by atoms with Crippen molar-refractivity contribution < 1.29 is 9.13 Å². The van der Waals surface area contributed by atoms with Crippen molar-refractivity contribution in [3.05, 3.63) is 63.4 Å². The van der Waals surface area contributed by atoms with Crippen LogP contribution in [0.1, 0.15) is 17.5 Å². The number of aliphatic imine (C=N–C) groups is 1. The van der Waals surface area contributed by atoms with Crippen LogP contribution in [0.3, 0.4) is 0 Å². The van der Waals surface area contributed by atoms with Gasteiger partial charge in [-0.15, -0.1) is 0 Å². The molecule has 0 fully saturated rings. The molecule has 0 radical (unpaired) electrons. The van der Waals surface area contributed by atoms with Crippen molar-refractivity contribution in [1.82, 2.24) is 5.32 Å². The van der Waals surface area contributed by atoms with E-state index in [1.165, 1.54) is 6.07 Å². The van der Waals surface area contributed by atoms with Crippen molar-refractivity contribution >= 4 is 29.0 Å². The summed E-state index contributed by atoms with van der Waals surface area (Å²) >= 11 is 11.9. The normalized spacial score (nSPS) is 14.1. The van der Waals surface area contributed by atoms with E-state index >= 15 is 0 Å². The van der Waals surface area contributed by atoms with Crippen LogP contribution >= 0.6 is 23.2 Å². The molecular formula is C17H15Cl2FN2O. The molecule has 23 heavy (non-hydrogen) atoms. The van der Waals surface area contributed by atoms with Gasteiger partial charge in [0, 0.05) is 34.3 Å². The number of amidine groups is 1. The van der Waals surface area contributed by atoms with Crippen LogP contribution in [-0.4, -0.2) is 18.9 Å². The van der Waals surface area contributed by atoms with Gasteiger partial charge in [-0.1, -0.05) is 29.3 Å². The van der Waals surface area contributed by atoms with Crippen molar-refractivity contribution in [3.63, 3.8) is 0 Å². The lowest BCUT2D eigenvalue weighted by Crippen LogP contribution is -2.30. The second-order valence-corrected chi connectivity index (χ2v) is 6.02. The summed E-state index contributed by atoms with van der Waals surface area (Å²) in [5.74, 6) is 0.473. The van der Waals surface area contributed by atoms with Gasteiger partial charge < -0.3 is 10.1 Å². The van der Waals surface area contributed by atoms with Crippen LogP contribution in [0.25, 0.3) is 0 Å². The predicted octanol–water partition coefficient (Wildman–Crippen LogP) is 4.45. The molecule has 0 aromatic heterocycles. The Kier molecular flexibility index (Phi) is 5.03. The maximum Gasteiger partial charge on any atom is 0.165 e. The maximum absolute atomic E-state index is 14.2. The number of hydrogen-bond donors (Lipinski definition) is 1. The minimum atomic E-state index is -0.428. The molecule has 0 saturated carbocycles. The number of ether oxygens (including phenoxy) is 1. The number of hydrogen-bond acceptors (Lipinski definition) is 3. The Morgan fingerprint density at radius 3 is 2.74 bits per heavy atom. The van der Waals surface area contributed by atoms with Crippen LogP contribution in [0.2, 0.25) is 10.0 Å². The summed E-state index contributed by atoms with van der Waals surface area (Å²) in [4.78, 5) is 4.35. The van der Waals surface area contributed by atoms with Gasteiger partial charge >= 0.3 is 0 Å². The second kappa shape index (κ2) is 7.20. The fraction of sp³-hybridized carbons (Fsp3) is 0.235. The fourth-order valence-corrected chi connectivity index (χ4v) is 2.75. The first-order chi connectivity index (χ1) is 11.1. The molecule has 0 spiro atoms. The highest BCUT2D eigenvalue weighted by molar-refractivity contribution is 6.35. The lowest BCUT2D eigenvalue weighted by Gasteiger charge is -2.15. The van der Waals surface area contributed by atoms with Crippen LogP contribution in [0, 0.1) is 5.82 Å². The highest BCUT2D eigenvalue weighted by Crippen LogP contribution is 2.24. The molecule has 0 bridgehead atoms. The highest BCUT2D eigenvalue weighted by Gasteiger charge is 2.11. The Morgan fingerprint density at radius 2 is 2.04 bits per heavy atom. The lowest BCUT2D eigenvalue weighted by atomic mass is 10.1. The van der Waals surface area contributed by atoms with Gasteiger partial charge in [0.05, 0.1) is 0 Å². The Hall–Kier alpha value is -1.78. The van der Waals surface area contributed by atoms with E-state index in [2.05, 4.69) is 10.3 Å². The zero-order valence-electron chi connectivity index (χ0n) is 12.3. The van der Waals surface area contributed by atoms with Gasteiger partial charge in [-0.2, -0.15) is 0 Å². The molecule has 1 N–H and O–H groups in total. The molecule has 2 aromatic carbocycles. The number of nitrogens with zero attached hydrogens (tertiary/aromatic N) is 1. The molecule has 0 atom stereocenters. The number of benzene rings is 2. The lowest BCUT2D eigenvalue weighted by molar-refractivity contribution is 0.290. The standard InChI is InChI=1S/C17H15Cl2FN2O/c18-13-4-2-12(14(19)9-13)10-23-16-5-3-11(8-15(16)20)17-21-6-1-7-22-17/h2-5,8-9H,1,6-7,10H2,(H,21,22). The number of nitrogens with one attached hydrogen (secondary N) is 1.